The van der Waals surface area contributed by atoms with E-state index in [0.29, 0.717) is 6.04 Å². The summed E-state index contributed by atoms with van der Waals surface area (Å²) >= 11 is 0. The first-order chi connectivity index (χ1) is 5.83. The Hall–Kier alpha value is -0.570. The van der Waals surface area contributed by atoms with Crippen LogP contribution in [0.25, 0.3) is 0 Å². The summed E-state index contributed by atoms with van der Waals surface area (Å²) in [6.07, 6.45) is 4.70. The lowest BCUT2D eigenvalue weighted by molar-refractivity contribution is -0.145. The fourth-order valence-electron chi connectivity index (χ4n) is 2.48. The van der Waals surface area contributed by atoms with E-state index in [1.165, 1.54) is 26.4 Å². The van der Waals surface area contributed by atoms with E-state index in [-0.39, 0.29) is 12.0 Å². The highest BCUT2D eigenvalue weighted by atomic mass is 16.5. The zero-order valence-electron chi connectivity index (χ0n) is 7.45. The summed E-state index contributed by atoms with van der Waals surface area (Å²) in [6.45, 7) is 1.09. The summed E-state index contributed by atoms with van der Waals surface area (Å²) < 4.78 is 4.76. The first-order valence-electron chi connectivity index (χ1n) is 4.66. The Bertz CT molecular complexity index is 193. The molecule has 0 radical (unpaired) electrons. The van der Waals surface area contributed by atoms with Gasteiger partial charge in [-0.25, -0.2) is 0 Å². The third kappa shape index (κ3) is 1.12. The molecule has 0 spiro atoms. The van der Waals surface area contributed by atoms with Crippen LogP contribution in [0, 0.1) is 0 Å². The van der Waals surface area contributed by atoms with Crippen molar-refractivity contribution in [2.24, 2.45) is 0 Å². The second-order valence-electron chi connectivity index (χ2n) is 3.65. The predicted octanol–water partition coefficient (Wildman–Crippen LogP) is 0.786. The summed E-state index contributed by atoms with van der Waals surface area (Å²) in [6, 6.07) is 0.747. The molecule has 0 saturated carbocycles. The first-order valence-corrected chi connectivity index (χ1v) is 4.66. The van der Waals surface area contributed by atoms with Crippen LogP contribution >= 0.6 is 0 Å². The summed E-state index contributed by atoms with van der Waals surface area (Å²) in [5.74, 6) is -0.0422. The van der Waals surface area contributed by atoms with Gasteiger partial charge >= 0.3 is 5.97 Å². The van der Waals surface area contributed by atoms with E-state index >= 15 is 0 Å². The first kappa shape index (κ1) is 8.05. The summed E-state index contributed by atoms with van der Waals surface area (Å²) in [7, 11) is 1.48. The third-order valence-corrected chi connectivity index (χ3v) is 3.07. The van der Waals surface area contributed by atoms with E-state index in [0.717, 1.165) is 13.0 Å². The standard InChI is InChI=1S/C9H15NO2/c1-12-9(11)8-5-4-7-3-2-6-10(7)8/h7-8H,2-6H2,1H3. The molecule has 0 aromatic carbocycles. The van der Waals surface area contributed by atoms with Crippen molar-refractivity contribution in [3.63, 3.8) is 0 Å². The molecule has 0 N–H and O–H groups in total. The van der Waals surface area contributed by atoms with Gasteiger partial charge in [0.05, 0.1) is 7.11 Å². The van der Waals surface area contributed by atoms with E-state index in [9.17, 15) is 4.79 Å². The zero-order chi connectivity index (χ0) is 8.55. The molecule has 0 bridgehead atoms. The monoisotopic (exact) mass is 169 g/mol. The summed E-state index contributed by atoms with van der Waals surface area (Å²) in [5, 5.41) is 0. The fraction of sp³-hybridized carbons (Fsp3) is 0.889. The minimum Gasteiger partial charge on any atom is -0.468 e. The molecule has 0 aromatic rings. The van der Waals surface area contributed by atoms with Crippen molar-refractivity contribution in [1.29, 1.82) is 0 Å². The number of hydrogen-bond donors (Lipinski definition) is 0. The lowest BCUT2D eigenvalue weighted by Gasteiger charge is -2.20. The molecule has 2 unspecified atom stereocenters. The molecular weight excluding hydrogens is 154 g/mol. The van der Waals surface area contributed by atoms with Crippen molar-refractivity contribution < 1.29 is 9.53 Å². The Morgan fingerprint density at radius 1 is 1.42 bits per heavy atom. The Morgan fingerprint density at radius 3 is 3.00 bits per heavy atom. The average Bonchev–Trinajstić information content (AvgIpc) is 2.62. The number of nitrogens with zero attached hydrogens (tertiary/aromatic N) is 1. The molecule has 2 fully saturated rings. The normalized spacial score (nSPS) is 35.1. The maximum atomic E-state index is 11.3. The Labute approximate surface area is 72.7 Å². The van der Waals surface area contributed by atoms with Crippen molar-refractivity contribution in [2.75, 3.05) is 13.7 Å². The van der Waals surface area contributed by atoms with Crippen LogP contribution in [-0.2, 0) is 9.53 Å². The fourth-order valence-corrected chi connectivity index (χ4v) is 2.48. The molecule has 0 amide bonds. The Kier molecular flexibility index (Phi) is 2.05. The maximum Gasteiger partial charge on any atom is 0.323 e. The van der Waals surface area contributed by atoms with Gasteiger partial charge in [-0.05, 0) is 32.2 Å². The highest BCUT2D eigenvalue weighted by Gasteiger charge is 2.40. The van der Waals surface area contributed by atoms with Crippen molar-refractivity contribution in [3.05, 3.63) is 0 Å². The summed E-state index contributed by atoms with van der Waals surface area (Å²) in [5.41, 5.74) is 0. The van der Waals surface area contributed by atoms with Gasteiger partial charge in [-0.15, -0.1) is 0 Å². The maximum absolute atomic E-state index is 11.3. The second-order valence-corrected chi connectivity index (χ2v) is 3.65. The van der Waals surface area contributed by atoms with Crippen LogP contribution in [0.4, 0.5) is 0 Å². The molecule has 2 rings (SSSR count). The number of ether oxygens (including phenoxy) is 1. The van der Waals surface area contributed by atoms with Gasteiger partial charge in [0, 0.05) is 6.04 Å². The molecule has 3 nitrogen and oxygen atoms in total. The number of hydrogen-bond acceptors (Lipinski definition) is 3. The van der Waals surface area contributed by atoms with E-state index in [4.69, 9.17) is 4.74 Å². The van der Waals surface area contributed by atoms with Crippen LogP contribution in [0.15, 0.2) is 0 Å². The minimum absolute atomic E-state index is 0.0422. The van der Waals surface area contributed by atoms with Crippen molar-refractivity contribution >= 4 is 5.97 Å². The zero-order valence-corrected chi connectivity index (χ0v) is 7.45. The average molecular weight is 169 g/mol. The van der Waals surface area contributed by atoms with Gasteiger partial charge in [-0.1, -0.05) is 0 Å². The molecular formula is C9H15NO2. The van der Waals surface area contributed by atoms with Gasteiger partial charge in [0.25, 0.3) is 0 Å². The predicted molar refractivity (Wildman–Crippen MR) is 44.8 cm³/mol. The van der Waals surface area contributed by atoms with E-state index in [1.807, 2.05) is 0 Å². The smallest absolute Gasteiger partial charge is 0.323 e. The molecule has 2 aliphatic rings. The molecule has 2 atom stereocenters. The van der Waals surface area contributed by atoms with Gasteiger partial charge in [0.15, 0.2) is 0 Å². The van der Waals surface area contributed by atoms with Crippen LogP contribution in [0.2, 0.25) is 0 Å². The molecule has 2 saturated heterocycles. The molecule has 68 valence electrons. The Balaban J connectivity index is 2.04. The van der Waals surface area contributed by atoms with Gasteiger partial charge in [0.2, 0.25) is 0 Å². The van der Waals surface area contributed by atoms with Crippen molar-refractivity contribution in [2.45, 2.75) is 37.8 Å². The molecule has 3 heteroatoms. The third-order valence-electron chi connectivity index (χ3n) is 3.07. The van der Waals surface area contributed by atoms with Crippen LogP contribution in [-0.4, -0.2) is 36.6 Å². The van der Waals surface area contributed by atoms with E-state index in [1.54, 1.807) is 0 Å². The highest BCUT2D eigenvalue weighted by molar-refractivity contribution is 5.76. The Morgan fingerprint density at radius 2 is 2.25 bits per heavy atom. The molecule has 2 aliphatic heterocycles. The second kappa shape index (κ2) is 3.05. The number of methoxy groups -OCH3 is 1. The number of rotatable bonds is 1. The number of carbonyl (C=O) groups excluding carboxylic acids is 1. The largest absolute Gasteiger partial charge is 0.468 e. The van der Waals surface area contributed by atoms with Crippen LogP contribution < -0.4 is 0 Å². The quantitative estimate of drug-likeness (QED) is 0.543. The number of fused-ring (bicyclic) bond motifs is 1. The highest BCUT2D eigenvalue weighted by Crippen LogP contribution is 2.32. The molecule has 0 aliphatic carbocycles. The lowest BCUT2D eigenvalue weighted by atomic mass is 10.1. The van der Waals surface area contributed by atoms with Crippen molar-refractivity contribution in [3.8, 4) is 0 Å². The number of carbonyl (C=O) groups is 1. The van der Waals surface area contributed by atoms with Crippen LogP contribution in [0.5, 0.6) is 0 Å². The van der Waals surface area contributed by atoms with Gasteiger partial charge in [-0.2, -0.15) is 0 Å². The van der Waals surface area contributed by atoms with Crippen LogP contribution in [0.3, 0.4) is 0 Å². The van der Waals surface area contributed by atoms with E-state index < -0.39 is 0 Å². The molecule has 12 heavy (non-hydrogen) atoms. The minimum atomic E-state index is -0.0422. The summed E-state index contributed by atoms with van der Waals surface area (Å²) in [4.78, 5) is 13.6. The topological polar surface area (TPSA) is 29.5 Å². The van der Waals surface area contributed by atoms with Gasteiger partial charge < -0.3 is 4.74 Å². The van der Waals surface area contributed by atoms with Gasteiger partial charge in [-0.3, -0.25) is 9.69 Å². The lowest BCUT2D eigenvalue weighted by Crippen LogP contribution is -2.37. The van der Waals surface area contributed by atoms with Crippen molar-refractivity contribution in [1.82, 2.24) is 4.90 Å². The molecule has 0 aromatic heterocycles. The number of esters is 1. The van der Waals surface area contributed by atoms with Gasteiger partial charge in [0.1, 0.15) is 6.04 Å². The van der Waals surface area contributed by atoms with E-state index in [2.05, 4.69) is 4.90 Å². The molecule has 2 heterocycles. The van der Waals surface area contributed by atoms with Crippen LogP contribution in [0.1, 0.15) is 25.7 Å². The SMILES string of the molecule is COC(=O)C1CCC2CCCN21.